The second kappa shape index (κ2) is 7.42. The fourth-order valence-corrected chi connectivity index (χ4v) is 2.94. The van der Waals surface area contributed by atoms with Gasteiger partial charge in [0.1, 0.15) is 6.04 Å². The summed E-state index contributed by atoms with van der Waals surface area (Å²) >= 11 is 1.95. The molecule has 6 heteroatoms. The molecule has 1 aliphatic heterocycles. The van der Waals surface area contributed by atoms with Crippen molar-refractivity contribution in [2.24, 2.45) is 5.92 Å². The lowest BCUT2D eigenvalue weighted by Gasteiger charge is -2.22. The van der Waals surface area contributed by atoms with Crippen LogP contribution >= 0.6 is 11.8 Å². The fraction of sp³-hybridized carbons (Fsp3) is 0.818. The average molecular weight is 260 g/mol. The molecule has 1 rings (SSSR count). The minimum Gasteiger partial charge on any atom is -0.480 e. The van der Waals surface area contributed by atoms with Crippen LogP contribution in [0.2, 0.25) is 0 Å². The topological polar surface area (TPSA) is 78.4 Å². The number of aliphatic carboxylic acids is 1. The van der Waals surface area contributed by atoms with Gasteiger partial charge in [-0.2, -0.15) is 11.8 Å². The Hall–Kier alpha value is -0.910. The minimum absolute atomic E-state index is 0.377. The molecule has 0 radical (unpaired) electrons. The van der Waals surface area contributed by atoms with E-state index < -0.39 is 12.0 Å². The zero-order chi connectivity index (χ0) is 12.7. The van der Waals surface area contributed by atoms with Crippen LogP contribution in [0.15, 0.2) is 0 Å². The molecule has 3 N–H and O–H groups in total. The van der Waals surface area contributed by atoms with E-state index in [1.807, 2.05) is 11.8 Å². The first-order valence-corrected chi connectivity index (χ1v) is 7.13. The molecule has 1 atom stereocenters. The van der Waals surface area contributed by atoms with E-state index in [1.165, 1.54) is 0 Å². The molecule has 0 aromatic rings. The summed E-state index contributed by atoms with van der Waals surface area (Å²) in [5.74, 6) is 1.85. The van der Waals surface area contributed by atoms with Crippen molar-refractivity contribution in [3.63, 3.8) is 0 Å². The molecule has 0 spiro atoms. The van der Waals surface area contributed by atoms with Gasteiger partial charge in [0.2, 0.25) is 0 Å². The summed E-state index contributed by atoms with van der Waals surface area (Å²) in [5.41, 5.74) is 0. The number of thioether (sulfide) groups is 1. The number of amides is 2. The third-order valence-electron chi connectivity index (χ3n) is 2.90. The Morgan fingerprint density at radius 2 is 2.06 bits per heavy atom. The van der Waals surface area contributed by atoms with Crippen LogP contribution in [0.1, 0.15) is 26.2 Å². The van der Waals surface area contributed by atoms with Crippen LogP contribution in [0.25, 0.3) is 0 Å². The Balaban J connectivity index is 2.21. The van der Waals surface area contributed by atoms with Crippen molar-refractivity contribution in [2.45, 2.75) is 32.2 Å². The number of carboxylic acids is 1. The number of carbonyl (C=O) groups excluding carboxylic acids is 1. The Morgan fingerprint density at radius 1 is 1.41 bits per heavy atom. The summed E-state index contributed by atoms with van der Waals surface area (Å²) in [6.07, 6.45) is 2.64. The van der Waals surface area contributed by atoms with E-state index in [1.54, 1.807) is 6.92 Å². The van der Waals surface area contributed by atoms with Crippen molar-refractivity contribution in [2.75, 3.05) is 18.1 Å². The molecule has 0 aliphatic carbocycles. The highest BCUT2D eigenvalue weighted by molar-refractivity contribution is 7.99. The maximum absolute atomic E-state index is 11.5. The number of urea groups is 1. The Labute approximate surface area is 106 Å². The summed E-state index contributed by atoms with van der Waals surface area (Å²) in [6.45, 7) is 2.37. The van der Waals surface area contributed by atoms with Crippen LogP contribution in [0.5, 0.6) is 0 Å². The smallest absolute Gasteiger partial charge is 0.326 e. The van der Waals surface area contributed by atoms with Crippen molar-refractivity contribution in [3.05, 3.63) is 0 Å². The van der Waals surface area contributed by atoms with Crippen LogP contribution < -0.4 is 10.6 Å². The largest absolute Gasteiger partial charge is 0.480 e. The van der Waals surface area contributed by atoms with Crippen LogP contribution in [0.3, 0.4) is 0 Å². The van der Waals surface area contributed by atoms with E-state index in [0.29, 0.717) is 18.9 Å². The lowest BCUT2D eigenvalue weighted by Crippen LogP contribution is -2.46. The van der Waals surface area contributed by atoms with E-state index >= 15 is 0 Å². The van der Waals surface area contributed by atoms with Crippen LogP contribution in [-0.4, -0.2) is 41.2 Å². The van der Waals surface area contributed by atoms with Gasteiger partial charge < -0.3 is 15.7 Å². The van der Waals surface area contributed by atoms with Gasteiger partial charge in [-0.05, 0) is 36.7 Å². The van der Waals surface area contributed by atoms with Crippen LogP contribution in [0, 0.1) is 5.92 Å². The third-order valence-corrected chi connectivity index (χ3v) is 3.95. The molecule has 1 saturated heterocycles. The molecule has 0 saturated carbocycles. The maximum Gasteiger partial charge on any atom is 0.326 e. The first-order chi connectivity index (χ1) is 8.13. The highest BCUT2D eigenvalue weighted by atomic mass is 32.2. The summed E-state index contributed by atoms with van der Waals surface area (Å²) in [7, 11) is 0. The lowest BCUT2D eigenvalue weighted by atomic mass is 10.0. The van der Waals surface area contributed by atoms with Crippen LogP contribution in [-0.2, 0) is 4.79 Å². The maximum atomic E-state index is 11.5. The molecule has 0 bridgehead atoms. The average Bonchev–Trinajstić information content (AvgIpc) is 2.34. The van der Waals surface area contributed by atoms with Gasteiger partial charge in [0.15, 0.2) is 0 Å². The van der Waals surface area contributed by atoms with Gasteiger partial charge in [0.25, 0.3) is 0 Å². The molecule has 5 nitrogen and oxygen atoms in total. The van der Waals surface area contributed by atoms with Gasteiger partial charge in [-0.3, -0.25) is 0 Å². The predicted molar refractivity (Wildman–Crippen MR) is 68.3 cm³/mol. The number of rotatable bonds is 5. The minimum atomic E-state index is -0.989. The van der Waals surface area contributed by atoms with Crippen molar-refractivity contribution >= 4 is 23.8 Å². The molecule has 1 aliphatic rings. The van der Waals surface area contributed by atoms with Crippen molar-refractivity contribution in [1.82, 2.24) is 10.6 Å². The second-order valence-corrected chi connectivity index (χ2v) is 5.43. The highest BCUT2D eigenvalue weighted by Crippen LogP contribution is 2.21. The van der Waals surface area contributed by atoms with Gasteiger partial charge in [0, 0.05) is 6.54 Å². The number of hydrogen-bond donors (Lipinski definition) is 3. The lowest BCUT2D eigenvalue weighted by molar-refractivity contribution is -0.139. The monoisotopic (exact) mass is 260 g/mol. The van der Waals surface area contributed by atoms with E-state index in [2.05, 4.69) is 10.6 Å². The van der Waals surface area contributed by atoms with Gasteiger partial charge in [-0.1, -0.05) is 6.92 Å². The summed E-state index contributed by atoms with van der Waals surface area (Å²) < 4.78 is 0. The molecular weight excluding hydrogens is 240 g/mol. The molecule has 0 aromatic heterocycles. The zero-order valence-electron chi connectivity index (χ0n) is 10.1. The first-order valence-electron chi connectivity index (χ1n) is 5.98. The standard InChI is InChI=1S/C11H20N2O3S/c1-2-9(10(14)15)13-11(16)12-7-8-3-5-17-6-4-8/h8-9H,2-7H2,1H3,(H,14,15)(H2,12,13,16)/t9-/m1/s1. The number of hydrogen-bond acceptors (Lipinski definition) is 3. The zero-order valence-corrected chi connectivity index (χ0v) is 10.9. The number of carbonyl (C=O) groups is 2. The van der Waals surface area contributed by atoms with Crippen molar-refractivity contribution < 1.29 is 14.7 Å². The summed E-state index contributed by atoms with van der Waals surface area (Å²) in [6, 6.07) is -1.17. The quantitative estimate of drug-likeness (QED) is 0.696. The Bertz CT molecular complexity index is 267. The van der Waals surface area contributed by atoms with Crippen LogP contribution in [0.4, 0.5) is 4.79 Å². The van der Waals surface area contributed by atoms with E-state index in [9.17, 15) is 9.59 Å². The van der Waals surface area contributed by atoms with E-state index in [-0.39, 0.29) is 6.03 Å². The van der Waals surface area contributed by atoms with Gasteiger partial charge >= 0.3 is 12.0 Å². The molecule has 1 heterocycles. The number of nitrogens with one attached hydrogen (secondary N) is 2. The normalized spacial score (nSPS) is 18.4. The van der Waals surface area contributed by atoms with E-state index in [0.717, 1.165) is 24.3 Å². The summed E-state index contributed by atoms with van der Waals surface area (Å²) in [4.78, 5) is 22.2. The third kappa shape index (κ3) is 5.30. The molecule has 17 heavy (non-hydrogen) atoms. The Morgan fingerprint density at radius 3 is 2.59 bits per heavy atom. The molecule has 1 fully saturated rings. The van der Waals surface area contributed by atoms with Gasteiger partial charge in [-0.15, -0.1) is 0 Å². The SMILES string of the molecule is CC[C@@H](NC(=O)NCC1CCSCC1)C(=O)O. The molecular formula is C11H20N2O3S. The fourth-order valence-electron chi connectivity index (χ4n) is 1.74. The summed E-state index contributed by atoms with van der Waals surface area (Å²) in [5, 5.41) is 14.0. The highest BCUT2D eigenvalue weighted by Gasteiger charge is 2.19. The number of carboxylic acid groups (broad SMARTS) is 1. The van der Waals surface area contributed by atoms with Gasteiger partial charge in [-0.25, -0.2) is 9.59 Å². The molecule has 2 amide bonds. The predicted octanol–water partition coefficient (Wildman–Crippen LogP) is 1.29. The van der Waals surface area contributed by atoms with Crippen molar-refractivity contribution in [3.8, 4) is 0 Å². The Kier molecular flexibility index (Phi) is 6.18. The van der Waals surface area contributed by atoms with Gasteiger partial charge in [0.05, 0.1) is 0 Å². The second-order valence-electron chi connectivity index (χ2n) is 4.21. The molecule has 98 valence electrons. The van der Waals surface area contributed by atoms with E-state index in [4.69, 9.17) is 5.11 Å². The van der Waals surface area contributed by atoms with Crippen molar-refractivity contribution in [1.29, 1.82) is 0 Å². The first kappa shape index (κ1) is 14.2. The molecule has 0 unspecified atom stereocenters. The molecule has 0 aromatic carbocycles.